The fraction of sp³-hybridized carbons (Fsp3) is 0.273. The summed E-state index contributed by atoms with van der Waals surface area (Å²) in [7, 11) is 1.82. The third kappa shape index (κ3) is 3.84. The van der Waals surface area contributed by atoms with Gasteiger partial charge in [0, 0.05) is 43.7 Å². The normalized spacial score (nSPS) is 15.8. The first-order valence-electron chi connectivity index (χ1n) is 10.8. The molecule has 6 heterocycles. The predicted molar refractivity (Wildman–Crippen MR) is 142 cm³/mol. The summed E-state index contributed by atoms with van der Waals surface area (Å²) in [5, 5.41) is 17.3. The molecule has 13 heteroatoms. The average molecular weight is 695 g/mol. The summed E-state index contributed by atoms with van der Waals surface area (Å²) in [6, 6.07) is 5.62. The number of aryl methyl sites for hydroxylation is 2. The highest BCUT2D eigenvalue weighted by atomic mass is 127. The number of fused-ring (bicyclic) bond motifs is 2. The third-order valence-corrected chi connectivity index (χ3v) is 7.45. The van der Waals surface area contributed by atoms with E-state index in [2.05, 4.69) is 76.5 Å². The Morgan fingerprint density at radius 3 is 2.91 bits per heavy atom. The summed E-state index contributed by atoms with van der Waals surface area (Å²) >= 11 is 4.77. The molecule has 1 aliphatic heterocycles. The monoisotopic (exact) mass is 695 g/mol. The van der Waals surface area contributed by atoms with Crippen LogP contribution in [0.2, 0.25) is 0 Å². The molecule has 0 bridgehead atoms. The minimum absolute atomic E-state index is 0.0729. The molecule has 0 unspecified atom stereocenters. The molecule has 0 radical (unpaired) electrons. The van der Waals surface area contributed by atoms with Crippen LogP contribution in [0.5, 0.6) is 0 Å². The van der Waals surface area contributed by atoms with Gasteiger partial charge in [0.2, 0.25) is 0 Å². The number of nitrogens with zero attached hydrogens (tertiary/aromatic N) is 8. The van der Waals surface area contributed by atoms with Crippen molar-refractivity contribution in [3.05, 3.63) is 71.1 Å². The highest BCUT2D eigenvalue weighted by Crippen LogP contribution is 2.37. The summed E-state index contributed by atoms with van der Waals surface area (Å²) < 4.78 is 9.62. The number of carbonyl (C=O) groups excluding carboxylic acids is 1. The van der Waals surface area contributed by atoms with Crippen molar-refractivity contribution < 1.29 is 9.21 Å². The minimum Gasteiger partial charge on any atom is -0.412 e. The second kappa shape index (κ2) is 8.69. The number of halogens is 2. The fourth-order valence-electron chi connectivity index (χ4n) is 4.52. The lowest BCUT2D eigenvalue weighted by Crippen LogP contribution is -2.41. The van der Waals surface area contributed by atoms with Gasteiger partial charge in [-0.05, 0) is 19.1 Å². The van der Waals surface area contributed by atoms with Crippen LogP contribution in [0.25, 0.3) is 17.0 Å². The first-order chi connectivity index (χ1) is 16.9. The zero-order valence-corrected chi connectivity index (χ0v) is 23.0. The van der Waals surface area contributed by atoms with E-state index < -0.39 is 6.04 Å². The summed E-state index contributed by atoms with van der Waals surface area (Å²) in [6.07, 6.45) is 6.01. The van der Waals surface area contributed by atoms with Crippen molar-refractivity contribution in [1.82, 2.24) is 44.5 Å². The lowest BCUT2D eigenvalue weighted by atomic mass is 9.99. The molecule has 5 aromatic heterocycles. The van der Waals surface area contributed by atoms with E-state index >= 15 is 0 Å². The zero-order chi connectivity index (χ0) is 24.3. The number of rotatable bonds is 4. The Labute approximate surface area is 226 Å². The minimum atomic E-state index is -0.484. The Morgan fingerprint density at radius 1 is 1.29 bits per heavy atom. The van der Waals surface area contributed by atoms with Gasteiger partial charge in [-0.15, -0.1) is 10.2 Å². The highest BCUT2D eigenvalue weighted by Gasteiger charge is 2.38. The molecule has 1 N–H and O–H groups in total. The highest BCUT2D eigenvalue weighted by molar-refractivity contribution is 14.2. The maximum atomic E-state index is 13.7. The Morgan fingerprint density at radius 2 is 2.14 bits per heavy atom. The molecule has 6 rings (SSSR count). The van der Waals surface area contributed by atoms with Gasteiger partial charge in [0.05, 0.1) is 36.4 Å². The molecule has 178 valence electrons. The van der Waals surface area contributed by atoms with Gasteiger partial charge in [-0.3, -0.25) is 9.48 Å². The van der Waals surface area contributed by atoms with Gasteiger partial charge in [0.1, 0.15) is 6.04 Å². The Bertz CT molecular complexity index is 1560. The van der Waals surface area contributed by atoms with Crippen LogP contribution in [0.1, 0.15) is 47.0 Å². The molecule has 0 aromatic carbocycles. The lowest BCUT2D eigenvalue weighted by molar-refractivity contribution is 0.0646. The molecule has 35 heavy (non-hydrogen) atoms. The van der Waals surface area contributed by atoms with Gasteiger partial charge >= 0.3 is 11.8 Å². The molecule has 0 spiro atoms. The van der Waals surface area contributed by atoms with Crippen LogP contribution in [0.4, 0.5) is 0 Å². The maximum absolute atomic E-state index is 13.7. The van der Waals surface area contributed by atoms with Crippen LogP contribution in [-0.4, -0.2) is 56.9 Å². The smallest absolute Gasteiger partial charge is 0.312 e. The number of hydrogen-bond acceptors (Lipinski definition) is 7. The molecule has 0 saturated heterocycles. The van der Waals surface area contributed by atoms with Crippen LogP contribution in [0.15, 0.2) is 41.3 Å². The van der Waals surface area contributed by atoms with Crippen LogP contribution < -0.4 is 0 Å². The van der Waals surface area contributed by atoms with Gasteiger partial charge in [-0.25, -0.2) is 9.50 Å². The van der Waals surface area contributed by atoms with E-state index in [4.69, 9.17) is 9.52 Å². The first-order valence-corrected chi connectivity index (χ1v) is 13.3. The number of pyridine rings is 1. The van der Waals surface area contributed by atoms with E-state index in [0.29, 0.717) is 18.5 Å². The van der Waals surface area contributed by atoms with Crippen molar-refractivity contribution in [2.24, 2.45) is 7.05 Å². The average Bonchev–Trinajstić information content (AvgIpc) is 3.62. The maximum Gasteiger partial charge on any atom is 0.312 e. The number of carbonyl (C=O) groups is 1. The number of amides is 1. The number of imidazole rings is 1. The second-order valence-electron chi connectivity index (χ2n) is 8.29. The summed E-state index contributed by atoms with van der Waals surface area (Å²) in [4.78, 5) is 23.1. The molecule has 0 fully saturated rings. The zero-order valence-electron chi connectivity index (χ0n) is 18.7. The van der Waals surface area contributed by atoms with Crippen LogP contribution >= 0.6 is 45.2 Å². The summed E-state index contributed by atoms with van der Waals surface area (Å²) in [5.41, 5.74) is 6.11. The van der Waals surface area contributed by atoms with Crippen LogP contribution in [0, 0.1) is 6.92 Å². The largest absolute Gasteiger partial charge is 0.412 e. The van der Waals surface area contributed by atoms with Gasteiger partial charge in [0.15, 0.2) is 0 Å². The quantitative estimate of drug-likeness (QED) is 0.224. The molecule has 5 aromatic rings. The van der Waals surface area contributed by atoms with Gasteiger partial charge in [-0.1, -0.05) is 51.2 Å². The number of hydrogen-bond donors (Lipinski definition) is 1. The SMILES string of the molecule is Cc1nn(C)cc1-c1nnc(C(=O)N2CCc3[nH]cnc3[C@H]2c2cc3c(C(I)I)cccn3n2)o1. The van der Waals surface area contributed by atoms with E-state index in [1.54, 1.807) is 22.1 Å². The molecule has 0 aliphatic carbocycles. The van der Waals surface area contributed by atoms with Gasteiger partial charge < -0.3 is 14.3 Å². The van der Waals surface area contributed by atoms with E-state index in [9.17, 15) is 4.79 Å². The van der Waals surface area contributed by atoms with Crippen LogP contribution in [0.3, 0.4) is 0 Å². The number of H-pyrrole nitrogens is 1. The summed E-state index contributed by atoms with van der Waals surface area (Å²) in [5.74, 6) is -0.168. The lowest BCUT2D eigenvalue weighted by Gasteiger charge is -2.32. The number of nitrogens with one attached hydrogen (secondary N) is 1. The van der Waals surface area contributed by atoms with Gasteiger partial charge in [-0.2, -0.15) is 10.2 Å². The Kier molecular flexibility index (Phi) is 5.62. The Balaban J connectivity index is 1.41. The molecule has 1 amide bonds. The van der Waals surface area contributed by atoms with Crippen molar-refractivity contribution >= 4 is 56.6 Å². The second-order valence-corrected chi connectivity index (χ2v) is 13.2. The molecule has 0 saturated carbocycles. The van der Waals surface area contributed by atoms with Crippen molar-refractivity contribution in [2.45, 2.75) is 21.3 Å². The van der Waals surface area contributed by atoms with Crippen molar-refractivity contribution in [3.8, 4) is 11.5 Å². The van der Waals surface area contributed by atoms with E-state index in [-0.39, 0.29) is 19.6 Å². The molecular weight excluding hydrogens is 676 g/mol. The van der Waals surface area contributed by atoms with E-state index in [0.717, 1.165) is 33.9 Å². The molecule has 11 nitrogen and oxygen atoms in total. The molecular formula is C22H19I2N9O2. The van der Waals surface area contributed by atoms with E-state index in [1.165, 1.54) is 0 Å². The third-order valence-electron chi connectivity index (χ3n) is 6.11. The first kappa shape index (κ1) is 22.6. The summed E-state index contributed by atoms with van der Waals surface area (Å²) in [6.45, 7) is 2.32. The van der Waals surface area contributed by atoms with Crippen molar-refractivity contribution in [1.29, 1.82) is 0 Å². The van der Waals surface area contributed by atoms with Gasteiger partial charge in [0.25, 0.3) is 5.89 Å². The Hall–Kier alpha value is -2.82. The number of aromatic nitrogens is 8. The molecule has 1 atom stereocenters. The van der Waals surface area contributed by atoms with Crippen molar-refractivity contribution in [2.75, 3.05) is 6.54 Å². The predicted octanol–water partition coefficient (Wildman–Crippen LogP) is 3.81. The fourth-order valence-corrected chi connectivity index (χ4v) is 5.57. The number of aromatic amines is 1. The topological polar surface area (TPSA) is 123 Å². The molecule has 1 aliphatic rings. The van der Waals surface area contributed by atoms with Crippen LogP contribution in [-0.2, 0) is 13.5 Å². The van der Waals surface area contributed by atoms with Crippen molar-refractivity contribution in [3.63, 3.8) is 0 Å². The number of alkyl halides is 2. The van der Waals surface area contributed by atoms with E-state index in [1.807, 2.05) is 36.8 Å². The standard InChI is InChI=1S/C22H19I2N9O2/c1-11-13(9-31(2)29-11)20-27-28-21(35-20)22(34)32-7-5-14-17(26-10-25-14)18(32)15-8-16-12(19(23)24)4-3-6-33(16)30-15/h3-4,6,8-10,18-19H,5,7H2,1-2H3,(H,25,26)/t18-/m1/s1.